The van der Waals surface area contributed by atoms with Gasteiger partial charge in [0, 0.05) is 30.5 Å². The number of ether oxygens (including phenoxy) is 1. The van der Waals surface area contributed by atoms with Crippen molar-refractivity contribution in [1.29, 1.82) is 0 Å². The molecule has 1 aromatic heterocycles. The molecular weight excluding hydrogens is 268 g/mol. The molecule has 2 rings (SSSR count). The van der Waals surface area contributed by atoms with Crippen molar-refractivity contribution < 1.29 is 9.53 Å². The Bertz CT molecular complexity index is 632. The average molecular weight is 288 g/mol. The largest absolute Gasteiger partial charge is 0.484 e. The van der Waals surface area contributed by atoms with Gasteiger partial charge in [-0.25, -0.2) is 0 Å². The van der Waals surface area contributed by atoms with Crippen molar-refractivity contribution in [2.24, 2.45) is 7.05 Å². The van der Waals surface area contributed by atoms with Crippen LogP contribution in [-0.2, 0) is 18.4 Å². The molecule has 112 valence electrons. The molecule has 6 nitrogen and oxygen atoms in total. The van der Waals surface area contributed by atoms with Crippen LogP contribution >= 0.6 is 0 Å². The molecule has 2 aromatic rings. The lowest BCUT2D eigenvalue weighted by atomic mass is 10.2. The molecule has 1 aromatic carbocycles. The molecule has 1 heterocycles. The van der Waals surface area contributed by atoms with Gasteiger partial charge in [0.2, 0.25) is 0 Å². The number of benzene rings is 1. The van der Waals surface area contributed by atoms with Crippen LogP contribution in [0.4, 0.5) is 5.69 Å². The number of amides is 1. The maximum Gasteiger partial charge on any atom is 0.258 e. The Morgan fingerprint density at radius 3 is 2.57 bits per heavy atom. The molecule has 0 aliphatic carbocycles. The second-order valence-corrected chi connectivity index (χ2v) is 4.91. The van der Waals surface area contributed by atoms with Crippen LogP contribution in [0, 0.1) is 13.8 Å². The van der Waals surface area contributed by atoms with Gasteiger partial charge >= 0.3 is 0 Å². The van der Waals surface area contributed by atoms with Gasteiger partial charge in [-0.3, -0.25) is 9.48 Å². The monoisotopic (exact) mass is 288 g/mol. The molecule has 0 spiro atoms. The number of rotatable bonds is 5. The molecule has 0 radical (unpaired) electrons. The van der Waals surface area contributed by atoms with Crippen molar-refractivity contribution in [2.75, 3.05) is 12.3 Å². The summed E-state index contributed by atoms with van der Waals surface area (Å²) >= 11 is 0. The molecule has 0 unspecified atom stereocenters. The lowest BCUT2D eigenvalue weighted by molar-refractivity contribution is -0.123. The number of aryl methyl sites for hydroxylation is 2. The van der Waals surface area contributed by atoms with Crippen LogP contribution in [0.25, 0.3) is 0 Å². The van der Waals surface area contributed by atoms with Crippen molar-refractivity contribution in [3.8, 4) is 5.75 Å². The van der Waals surface area contributed by atoms with Gasteiger partial charge in [0.05, 0.1) is 5.69 Å². The summed E-state index contributed by atoms with van der Waals surface area (Å²) in [5.74, 6) is 0.447. The highest BCUT2D eigenvalue weighted by molar-refractivity contribution is 5.77. The maximum atomic E-state index is 11.8. The fourth-order valence-corrected chi connectivity index (χ4v) is 2.02. The third-order valence-corrected chi connectivity index (χ3v) is 3.37. The Labute approximate surface area is 123 Å². The summed E-state index contributed by atoms with van der Waals surface area (Å²) in [6, 6.07) is 6.93. The molecule has 0 fully saturated rings. The van der Waals surface area contributed by atoms with Crippen LogP contribution < -0.4 is 15.8 Å². The number of anilines is 1. The van der Waals surface area contributed by atoms with E-state index in [1.807, 2.05) is 25.6 Å². The number of nitrogens with one attached hydrogen (secondary N) is 1. The fourth-order valence-electron chi connectivity index (χ4n) is 2.02. The summed E-state index contributed by atoms with van der Waals surface area (Å²) in [5, 5.41) is 7.15. The highest BCUT2D eigenvalue weighted by Crippen LogP contribution is 2.13. The number of hydrogen-bond donors (Lipinski definition) is 2. The number of carbonyl (C=O) groups excluding carboxylic acids is 1. The van der Waals surface area contributed by atoms with E-state index in [2.05, 4.69) is 10.4 Å². The van der Waals surface area contributed by atoms with E-state index in [0.717, 1.165) is 17.0 Å². The summed E-state index contributed by atoms with van der Waals surface area (Å²) < 4.78 is 7.20. The smallest absolute Gasteiger partial charge is 0.258 e. The summed E-state index contributed by atoms with van der Waals surface area (Å²) in [5.41, 5.74) is 9.26. The summed E-state index contributed by atoms with van der Waals surface area (Å²) in [7, 11) is 1.89. The van der Waals surface area contributed by atoms with Crippen molar-refractivity contribution in [3.63, 3.8) is 0 Å². The minimum Gasteiger partial charge on any atom is -0.484 e. The number of nitrogens with two attached hydrogens (primary N) is 1. The Kier molecular flexibility index (Phi) is 4.47. The Morgan fingerprint density at radius 2 is 2.00 bits per heavy atom. The van der Waals surface area contributed by atoms with E-state index >= 15 is 0 Å². The van der Waals surface area contributed by atoms with Crippen LogP contribution in [0.1, 0.15) is 17.0 Å². The van der Waals surface area contributed by atoms with Crippen molar-refractivity contribution in [3.05, 3.63) is 41.2 Å². The van der Waals surface area contributed by atoms with Crippen molar-refractivity contribution in [2.45, 2.75) is 20.4 Å². The maximum absolute atomic E-state index is 11.8. The van der Waals surface area contributed by atoms with Crippen LogP contribution in [0.15, 0.2) is 24.3 Å². The van der Waals surface area contributed by atoms with Crippen LogP contribution in [-0.4, -0.2) is 22.3 Å². The average Bonchev–Trinajstić information content (AvgIpc) is 2.69. The van der Waals surface area contributed by atoms with E-state index in [1.165, 1.54) is 0 Å². The number of aromatic nitrogens is 2. The Balaban J connectivity index is 1.83. The minimum absolute atomic E-state index is 0.0255. The predicted molar refractivity (Wildman–Crippen MR) is 80.9 cm³/mol. The summed E-state index contributed by atoms with van der Waals surface area (Å²) in [6.07, 6.45) is 0. The van der Waals surface area contributed by atoms with Gasteiger partial charge in [0.15, 0.2) is 6.61 Å². The zero-order valence-electron chi connectivity index (χ0n) is 12.5. The zero-order valence-corrected chi connectivity index (χ0v) is 12.5. The predicted octanol–water partition coefficient (Wildman–Crippen LogP) is 1.31. The first-order valence-corrected chi connectivity index (χ1v) is 6.71. The molecule has 6 heteroatoms. The first-order valence-electron chi connectivity index (χ1n) is 6.71. The molecule has 0 saturated carbocycles. The Morgan fingerprint density at radius 1 is 1.33 bits per heavy atom. The number of nitrogens with zero attached hydrogens (tertiary/aromatic N) is 2. The first kappa shape index (κ1) is 14.9. The Hall–Kier alpha value is -2.50. The van der Waals surface area contributed by atoms with E-state index in [9.17, 15) is 4.79 Å². The molecule has 21 heavy (non-hydrogen) atoms. The van der Waals surface area contributed by atoms with Gasteiger partial charge in [-0.05, 0) is 38.1 Å². The summed E-state index contributed by atoms with van der Waals surface area (Å²) in [4.78, 5) is 11.8. The second kappa shape index (κ2) is 6.30. The van der Waals surface area contributed by atoms with E-state index < -0.39 is 0 Å². The van der Waals surface area contributed by atoms with Gasteiger partial charge in [-0.15, -0.1) is 0 Å². The van der Waals surface area contributed by atoms with E-state index in [4.69, 9.17) is 10.5 Å². The first-order chi connectivity index (χ1) is 9.97. The standard InChI is InChI=1S/C15H20N4O2/c1-10-14(11(2)19(3)18-10)8-17-15(20)9-21-13-6-4-12(16)5-7-13/h4-7H,8-9,16H2,1-3H3,(H,17,20). The number of nitrogen functional groups attached to an aromatic ring is 1. The fraction of sp³-hybridized carbons (Fsp3) is 0.333. The van der Waals surface area contributed by atoms with Gasteiger partial charge < -0.3 is 15.8 Å². The van der Waals surface area contributed by atoms with E-state index in [0.29, 0.717) is 18.0 Å². The molecule has 0 aliphatic rings. The van der Waals surface area contributed by atoms with Gasteiger partial charge in [0.1, 0.15) is 5.75 Å². The highest BCUT2D eigenvalue weighted by atomic mass is 16.5. The van der Waals surface area contributed by atoms with E-state index in [-0.39, 0.29) is 12.5 Å². The number of hydrogen-bond acceptors (Lipinski definition) is 4. The molecule has 0 atom stereocenters. The quantitative estimate of drug-likeness (QED) is 0.813. The molecule has 0 bridgehead atoms. The van der Waals surface area contributed by atoms with Crippen LogP contribution in [0.2, 0.25) is 0 Å². The topological polar surface area (TPSA) is 82.2 Å². The lowest BCUT2D eigenvalue weighted by Gasteiger charge is -2.08. The van der Waals surface area contributed by atoms with Crippen LogP contribution in [0.3, 0.4) is 0 Å². The molecular formula is C15H20N4O2. The minimum atomic E-state index is -0.172. The van der Waals surface area contributed by atoms with Crippen molar-refractivity contribution in [1.82, 2.24) is 15.1 Å². The molecule has 0 aliphatic heterocycles. The highest BCUT2D eigenvalue weighted by Gasteiger charge is 2.10. The third-order valence-electron chi connectivity index (χ3n) is 3.37. The van der Waals surface area contributed by atoms with Gasteiger partial charge in [-0.2, -0.15) is 5.10 Å². The zero-order chi connectivity index (χ0) is 15.4. The SMILES string of the molecule is Cc1nn(C)c(C)c1CNC(=O)COc1ccc(N)cc1. The van der Waals surface area contributed by atoms with Crippen molar-refractivity contribution >= 4 is 11.6 Å². The van der Waals surface area contributed by atoms with E-state index in [1.54, 1.807) is 24.3 Å². The third kappa shape index (κ3) is 3.75. The van der Waals surface area contributed by atoms with Crippen LogP contribution in [0.5, 0.6) is 5.75 Å². The van der Waals surface area contributed by atoms with Gasteiger partial charge in [0.25, 0.3) is 5.91 Å². The second-order valence-electron chi connectivity index (χ2n) is 4.91. The normalized spacial score (nSPS) is 10.4. The molecule has 1 amide bonds. The molecule has 0 saturated heterocycles. The lowest BCUT2D eigenvalue weighted by Crippen LogP contribution is -2.28. The molecule has 3 N–H and O–H groups in total. The van der Waals surface area contributed by atoms with Gasteiger partial charge in [-0.1, -0.05) is 0 Å². The number of carbonyl (C=O) groups is 1. The summed E-state index contributed by atoms with van der Waals surface area (Å²) in [6.45, 7) is 4.34.